The van der Waals surface area contributed by atoms with Crippen molar-refractivity contribution in [2.45, 2.75) is 84.0 Å². The van der Waals surface area contributed by atoms with Crippen LogP contribution in [0.1, 0.15) is 80.4 Å². The number of unbranched alkanes of at least 4 members (excludes halogenated alkanes) is 1. The van der Waals surface area contributed by atoms with E-state index in [4.69, 9.17) is 23.9 Å². The average Bonchev–Trinajstić information content (AvgIpc) is 3.67. The molecule has 6 rings (SSSR count). The molecule has 2 aromatic carbocycles. The Bertz CT molecular complexity index is 1160. The van der Waals surface area contributed by atoms with Gasteiger partial charge >= 0.3 is 0 Å². The number of fused-ring (bicyclic) bond motifs is 2. The van der Waals surface area contributed by atoms with Gasteiger partial charge in [-0.25, -0.2) is 4.98 Å². The number of imidazole rings is 1. The van der Waals surface area contributed by atoms with E-state index < -0.39 is 0 Å². The molecule has 0 atom stereocenters. The van der Waals surface area contributed by atoms with Crippen molar-refractivity contribution in [3.63, 3.8) is 0 Å². The van der Waals surface area contributed by atoms with Crippen LogP contribution >= 0.6 is 0 Å². The fourth-order valence-electron chi connectivity index (χ4n) is 5.81. The van der Waals surface area contributed by atoms with Crippen molar-refractivity contribution in [3.8, 4) is 23.0 Å². The Kier molecular flexibility index (Phi) is 7.22. The van der Waals surface area contributed by atoms with Crippen molar-refractivity contribution >= 4 is 0 Å². The highest BCUT2D eigenvalue weighted by Gasteiger charge is 2.24. The molecule has 7 nitrogen and oxygen atoms in total. The second-order valence-electron chi connectivity index (χ2n) is 10.5. The summed E-state index contributed by atoms with van der Waals surface area (Å²) >= 11 is 0. The molecule has 3 aromatic rings. The zero-order chi connectivity index (χ0) is 25.0. The minimum absolute atomic E-state index is 0.292. The van der Waals surface area contributed by atoms with Crippen molar-refractivity contribution in [2.75, 3.05) is 13.6 Å². The third kappa shape index (κ3) is 5.42. The van der Waals surface area contributed by atoms with Gasteiger partial charge in [0.2, 0.25) is 13.6 Å². The van der Waals surface area contributed by atoms with Crippen molar-refractivity contribution in [1.29, 1.82) is 0 Å². The summed E-state index contributed by atoms with van der Waals surface area (Å²) in [7, 11) is 0. The molecular weight excluding hydrogens is 466 g/mol. The summed E-state index contributed by atoms with van der Waals surface area (Å²) < 4.78 is 24.9. The molecule has 0 saturated heterocycles. The first-order valence-corrected chi connectivity index (χ1v) is 13.8. The smallest absolute Gasteiger partial charge is 0.231 e. The first-order valence-electron chi connectivity index (χ1n) is 13.8. The van der Waals surface area contributed by atoms with Crippen LogP contribution in [0.15, 0.2) is 42.6 Å². The van der Waals surface area contributed by atoms with E-state index in [-0.39, 0.29) is 0 Å². The molecule has 1 fully saturated rings. The lowest BCUT2D eigenvalue weighted by molar-refractivity contribution is 0.173. The minimum Gasteiger partial charge on any atom is -0.454 e. The second-order valence-corrected chi connectivity index (χ2v) is 10.5. The van der Waals surface area contributed by atoms with E-state index >= 15 is 0 Å². The first kappa shape index (κ1) is 24.2. The average molecular weight is 504 g/mol. The molecule has 1 aromatic heterocycles. The molecule has 0 bridgehead atoms. The summed E-state index contributed by atoms with van der Waals surface area (Å²) in [5.41, 5.74) is 3.71. The third-order valence-corrected chi connectivity index (χ3v) is 7.75. The van der Waals surface area contributed by atoms with Gasteiger partial charge in [-0.2, -0.15) is 0 Å². The number of rotatable bonds is 10. The monoisotopic (exact) mass is 503 g/mol. The Morgan fingerprint density at radius 2 is 1.43 bits per heavy atom. The number of ether oxygens (including phenoxy) is 4. The summed E-state index contributed by atoms with van der Waals surface area (Å²) in [4.78, 5) is 7.50. The lowest BCUT2D eigenvalue weighted by atomic mass is 9.88. The summed E-state index contributed by atoms with van der Waals surface area (Å²) in [5.74, 6) is 5.19. The minimum atomic E-state index is 0.292. The van der Waals surface area contributed by atoms with Gasteiger partial charge in [-0.1, -0.05) is 44.7 Å². The molecule has 0 radical (unpaired) electrons. The predicted molar refractivity (Wildman–Crippen MR) is 141 cm³/mol. The Morgan fingerprint density at radius 3 is 2.05 bits per heavy atom. The maximum Gasteiger partial charge on any atom is 0.231 e. The Morgan fingerprint density at radius 1 is 0.811 bits per heavy atom. The third-order valence-electron chi connectivity index (χ3n) is 7.75. The molecule has 2 aliphatic heterocycles. The highest BCUT2D eigenvalue weighted by atomic mass is 16.7. The van der Waals surface area contributed by atoms with Gasteiger partial charge in [0.05, 0.1) is 5.69 Å². The Balaban J connectivity index is 1.27. The molecule has 0 N–H and O–H groups in total. The number of hydrogen-bond donors (Lipinski definition) is 0. The molecule has 3 heterocycles. The van der Waals surface area contributed by atoms with Crippen LogP contribution in [0, 0.1) is 0 Å². The largest absolute Gasteiger partial charge is 0.454 e. The first-order chi connectivity index (χ1) is 18.3. The Labute approximate surface area is 219 Å². The second kappa shape index (κ2) is 11.1. The predicted octanol–water partition coefficient (Wildman–Crippen LogP) is 6.39. The van der Waals surface area contributed by atoms with Gasteiger partial charge in [0, 0.05) is 38.3 Å². The number of hydrogen-bond acceptors (Lipinski definition) is 6. The van der Waals surface area contributed by atoms with Crippen LogP contribution in [0.3, 0.4) is 0 Å². The van der Waals surface area contributed by atoms with Crippen LogP contribution in [0.4, 0.5) is 0 Å². The zero-order valence-electron chi connectivity index (χ0n) is 21.8. The molecule has 0 spiro atoms. The molecular formula is C30H37N3O4. The van der Waals surface area contributed by atoms with Crippen LogP contribution in [0.2, 0.25) is 0 Å². The molecule has 1 saturated carbocycles. The fraction of sp³-hybridized carbons (Fsp3) is 0.500. The number of benzene rings is 2. The molecule has 37 heavy (non-hydrogen) atoms. The van der Waals surface area contributed by atoms with E-state index in [9.17, 15) is 0 Å². The molecule has 0 amide bonds. The highest BCUT2D eigenvalue weighted by molar-refractivity contribution is 5.45. The van der Waals surface area contributed by atoms with Crippen molar-refractivity contribution < 1.29 is 18.9 Å². The van der Waals surface area contributed by atoms with Gasteiger partial charge in [-0.3, -0.25) is 4.90 Å². The maximum atomic E-state index is 5.66. The zero-order valence-corrected chi connectivity index (χ0v) is 21.8. The SMILES string of the molecule is CCCCn1c(CN(Cc2ccc3c(c2)OCO3)Cc2ccc3c(c2)OCO3)cnc1C1CCCCC1. The summed E-state index contributed by atoms with van der Waals surface area (Å²) in [5, 5.41) is 0. The van der Waals surface area contributed by atoms with E-state index in [0.29, 0.717) is 19.5 Å². The van der Waals surface area contributed by atoms with Gasteiger partial charge in [0.15, 0.2) is 23.0 Å². The molecule has 196 valence electrons. The molecule has 7 heteroatoms. The summed E-state index contributed by atoms with van der Waals surface area (Å²) in [6.07, 6.45) is 11.0. The van der Waals surface area contributed by atoms with Gasteiger partial charge in [-0.05, 0) is 54.7 Å². The van der Waals surface area contributed by atoms with E-state index in [1.54, 1.807) is 0 Å². The molecule has 0 unspecified atom stereocenters. The standard InChI is InChI=1S/C30H37N3O4/c1-2-3-13-33-25(16-31-30(33)24-7-5-4-6-8-24)19-32(17-22-9-11-26-28(14-22)36-20-34-26)18-23-10-12-27-29(15-23)37-21-35-27/h9-12,14-16,24H,2-8,13,17-21H2,1H3. The van der Waals surface area contributed by atoms with Gasteiger partial charge in [0.1, 0.15) is 5.82 Å². The Hall–Kier alpha value is -3.19. The van der Waals surface area contributed by atoms with E-state index in [1.807, 2.05) is 12.1 Å². The van der Waals surface area contributed by atoms with E-state index in [0.717, 1.165) is 49.2 Å². The van der Waals surface area contributed by atoms with Crippen LogP contribution in [-0.4, -0.2) is 28.0 Å². The highest BCUT2D eigenvalue weighted by Crippen LogP contribution is 2.36. The number of nitrogens with zero attached hydrogens (tertiary/aromatic N) is 3. The van der Waals surface area contributed by atoms with Crippen LogP contribution < -0.4 is 18.9 Å². The van der Waals surface area contributed by atoms with Gasteiger partial charge in [0.25, 0.3) is 0 Å². The van der Waals surface area contributed by atoms with Gasteiger partial charge in [-0.15, -0.1) is 0 Å². The topological polar surface area (TPSA) is 58.0 Å². The molecule has 3 aliphatic rings. The lowest BCUT2D eigenvalue weighted by Gasteiger charge is -2.26. The van der Waals surface area contributed by atoms with E-state index in [2.05, 4.69) is 46.9 Å². The van der Waals surface area contributed by atoms with Crippen molar-refractivity contribution in [3.05, 3.63) is 65.2 Å². The van der Waals surface area contributed by atoms with Crippen LogP contribution in [0.25, 0.3) is 0 Å². The van der Waals surface area contributed by atoms with Crippen LogP contribution in [0.5, 0.6) is 23.0 Å². The quantitative estimate of drug-likeness (QED) is 0.320. The molecule has 1 aliphatic carbocycles. The number of aromatic nitrogens is 2. The van der Waals surface area contributed by atoms with Crippen molar-refractivity contribution in [2.24, 2.45) is 0 Å². The van der Waals surface area contributed by atoms with Crippen molar-refractivity contribution in [1.82, 2.24) is 14.5 Å². The summed E-state index contributed by atoms with van der Waals surface area (Å²) in [6, 6.07) is 12.5. The summed E-state index contributed by atoms with van der Waals surface area (Å²) in [6.45, 7) is 6.31. The fourth-order valence-corrected chi connectivity index (χ4v) is 5.81. The lowest BCUT2D eigenvalue weighted by Crippen LogP contribution is -2.25. The van der Waals surface area contributed by atoms with Crippen LogP contribution in [-0.2, 0) is 26.2 Å². The van der Waals surface area contributed by atoms with E-state index in [1.165, 1.54) is 67.6 Å². The normalized spacial score (nSPS) is 16.6. The van der Waals surface area contributed by atoms with Gasteiger partial charge < -0.3 is 23.5 Å². The maximum absolute atomic E-state index is 5.66.